The van der Waals surface area contributed by atoms with Gasteiger partial charge in [0.05, 0.1) is 11.0 Å². The Hall–Kier alpha value is -1.94. The van der Waals surface area contributed by atoms with E-state index in [1.54, 1.807) is 6.92 Å². The van der Waals surface area contributed by atoms with Gasteiger partial charge in [0.15, 0.2) is 4.77 Å². The maximum atomic E-state index is 13.6. The zero-order valence-corrected chi connectivity index (χ0v) is 12.2. The first kappa shape index (κ1) is 13.1. The first-order valence-corrected chi connectivity index (χ1v) is 7.01. The lowest BCUT2D eigenvalue weighted by molar-refractivity contribution is 0.620. The molecule has 1 aromatic heterocycles. The molecule has 0 saturated heterocycles. The zero-order chi connectivity index (χ0) is 14.3. The Morgan fingerprint density at radius 2 is 1.90 bits per heavy atom. The van der Waals surface area contributed by atoms with Crippen LogP contribution in [0.4, 0.5) is 4.39 Å². The van der Waals surface area contributed by atoms with Crippen molar-refractivity contribution in [3.05, 3.63) is 58.1 Å². The number of nitrogens with zero attached hydrogens (tertiary/aromatic N) is 1. The highest BCUT2D eigenvalue weighted by molar-refractivity contribution is 7.71. The molecule has 0 aliphatic heterocycles. The van der Waals surface area contributed by atoms with Crippen molar-refractivity contribution in [2.75, 3.05) is 0 Å². The summed E-state index contributed by atoms with van der Waals surface area (Å²) >= 11 is 5.37. The molecule has 0 fully saturated rings. The first-order valence-electron chi connectivity index (χ1n) is 6.60. The molecular weight excluding hydrogens is 271 g/mol. The van der Waals surface area contributed by atoms with Gasteiger partial charge in [0.25, 0.3) is 0 Å². The summed E-state index contributed by atoms with van der Waals surface area (Å²) in [5.41, 5.74) is 4.51. The Morgan fingerprint density at radius 3 is 2.55 bits per heavy atom. The maximum absolute atomic E-state index is 13.6. The Balaban J connectivity index is 2.26. The van der Waals surface area contributed by atoms with Crippen molar-refractivity contribution in [2.45, 2.75) is 20.3 Å². The monoisotopic (exact) mass is 286 g/mol. The van der Waals surface area contributed by atoms with E-state index in [1.165, 1.54) is 11.6 Å². The number of hydrogen-bond acceptors (Lipinski definition) is 1. The second kappa shape index (κ2) is 4.87. The Morgan fingerprint density at radius 1 is 1.20 bits per heavy atom. The first-order chi connectivity index (χ1) is 9.60. The number of halogens is 1. The van der Waals surface area contributed by atoms with Gasteiger partial charge < -0.3 is 4.98 Å². The van der Waals surface area contributed by atoms with Gasteiger partial charge in [-0.2, -0.15) is 0 Å². The summed E-state index contributed by atoms with van der Waals surface area (Å²) in [5.74, 6) is -0.220. The van der Waals surface area contributed by atoms with Crippen molar-refractivity contribution in [1.82, 2.24) is 9.55 Å². The van der Waals surface area contributed by atoms with Gasteiger partial charge in [-0.05, 0) is 61.0 Å². The van der Waals surface area contributed by atoms with Crippen LogP contribution in [0.5, 0.6) is 0 Å². The molecule has 0 amide bonds. The molecule has 2 aromatic carbocycles. The molecule has 0 spiro atoms. The molecule has 0 bridgehead atoms. The number of aryl methyl sites for hydroxylation is 2. The second-order valence-electron chi connectivity index (χ2n) is 4.90. The summed E-state index contributed by atoms with van der Waals surface area (Å²) in [7, 11) is 0. The van der Waals surface area contributed by atoms with Gasteiger partial charge in [-0.1, -0.05) is 19.1 Å². The Kier molecular flexibility index (Phi) is 3.18. The van der Waals surface area contributed by atoms with Crippen molar-refractivity contribution in [3.8, 4) is 5.69 Å². The highest BCUT2D eigenvalue weighted by atomic mass is 32.1. The van der Waals surface area contributed by atoms with E-state index in [4.69, 9.17) is 12.2 Å². The predicted molar refractivity (Wildman–Crippen MR) is 82.5 cm³/mol. The number of benzene rings is 2. The van der Waals surface area contributed by atoms with E-state index in [1.807, 2.05) is 22.8 Å². The van der Waals surface area contributed by atoms with Crippen molar-refractivity contribution in [2.24, 2.45) is 0 Å². The second-order valence-corrected chi connectivity index (χ2v) is 5.29. The molecule has 0 atom stereocenters. The number of aromatic nitrogens is 2. The van der Waals surface area contributed by atoms with Gasteiger partial charge in [0, 0.05) is 5.69 Å². The standard InChI is InChI=1S/C16H15FN2S/c1-3-11-4-6-12(7-5-11)19-15-8-10(2)13(17)9-14(15)18-16(19)20/h4-9H,3H2,1-2H3,(H,18,20). The van der Waals surface area contributed by atoms with E-state index in [-0.39, 0.29) is 5.82 Å². The molecule has 3 rings (SSSR count). The highest BCUT2D eigenvalue weighted by Gasteiger charge is 2.09. The summed E-state index contributed by atoms with van der Waals surface area (Å²) in [4.78, 5) is 3.06. The number of imidazole rings is 1. The summed E-state index contributed by atoms with van der Waals surface area (Å²) in [6.45, 7) is 3.88. The number of nitrogens with one attached hydrogen (secondary N) is 1. The molecule has 0 radical (unpaired) electrons. The van der Waals surface area contributed by atoms with E-state index < -0.39 is 0 Å². The van der Waals surface area contributed by atoms with Crippen LogP contribution in [0.25, 0.3) is 16.7 Å². The van der Waals surface area contributed by atoms with Crippen LogP contribution in [0.15, 0.2) is 36.4 Å². The maximum Gasteiger partial charge on any atom is 0.182 e. The summed E-state index contributed by atoms with van der Waals surface area (Å²) < 4.78 is 16.1. The average Bonchev–Trinajstić information content (AvgIpc) is 2.75. The van der Waals surface area contributed by atoms with E-state index >= 15 is 0 Å². The zero-order valence-electron chi connectivity index (χ0n) is 11.4. The minimum Gasteiger partial charge on any atom is -0.330 e. The molecule has 2 nitrogen and oxygen atoms in total. The van der Waals surface area contributed by atoms with Crippen LogP contribution in [0.3, 0.4) is 0 Å². The van der Waals surface area contributed by atoms with Crippen molar-refractivity contribution in [3.63, 3.8) is 0 Å². The van der Waals surface area contributed by atoms with Crippen LogP contribution in [-0.2, 0) is 6.42 Å². The number of rotatable bonds is 2. The molecule has 0 unspecified atom stereocenters. The number of aromatic amines is 1. The van der Waals surface area contributed by atoms with Gasteiger partial charge in [0.2, 0.25) is 0 Å². The van der Waals surface area contributed by atoms with Crippen LogP contribution in [0.2, 0.25) is 0 Å². The Labute approximate surface area is 121 Å². The third-order valence-electron chi connectivity index (χ3n) is 3.57. The molecule has 1 N–H and O–H groups in total. The molecular formula is C16H15FN2S. The van der Waals surface area contributed by atoms with Crippen molar-refractivity contribution < 1.29 is 4.39 Å². The summed E-state index contributed by atoms with van der Waals surface area (Å²) in [5, 5.41) is 0. The topological polar surface area (TPSA) is 20.7 Å². The minimum atomic E-state index is -0.220. The number of fused-ring (bicyclic) bond motifs is 1. The lowest BCUT2D eigenvalue weighted by Gasteiger charge is -2.06. The van der Waals surface area contributed by atoms with Gasteiger partial charge in [-0.3, -0.25) is 4.57 Å². The number of hydrogen-bond donors (Lipinski definition) is 1. The SMILES string of the molecule is CCc1ccc(-n2c(=S)[nH]c3cc(F)c(C)cc32)cc1. The lowest BCUT2D eigenvalue weighted by Crippen LogP contribution is -1.95. The lowest BCUT2D eigenvalue weighted by atomic mass is 10.1. The van der Waals surface area contributed by atoms with Gasteiger partial charge in [-0.15, -0.1) is 0 Å². The molecule has 20 heavy (non-hydrogen) atoms. The van der Waals surface area contributed by atoms with E-state index in [0.717, 1.165) is 23.1 Å². The molecule has 4 heteroatoms. The molecule has 1 heterocycles. The largest absolute Gasteiger partial charge is 0.330 e. The van der Waals surface area contributed by atoms with Crippen LogP contribution < -0.4 is 0 Å². The van der Waals surface area contributed by atoms with Crippen LogP contribution >= 0.6 is 12.2 Å². The molecule has 0 aliphatic rings. The average molecular weight is 286 g/mol. The Bertz CT molecular complexity index is 828. The normalized spacial score (nSPS) is 11.2. The third kappa shape index (κ3) is 2.06. The van der Waals surface area contributed by atoms with Gasteiger partial charge in [0.1, 0.15) is 5.82 Å². The van der Waals surface area contributed by atoms with E-state index in [2.05, 4.69) is 24.0 Å². The number of H-pyrrole nitrogens is 1. The highest BCUT2D eigenvalue weighted by Crippen LogP contribution is 2.22. The predicted octanol–water partition coefficient (Wildman–Crippen LogP) is 4.70. The minimum absolute atomic E-state index is 0.220. The van der Waals surface area contributed by atoms with Gasteiger partial charge >= 0.3 is 0 Å². The fourth-order valence-electron chi connectivity index (χ4n) is 2.37. The van der Waals surface area contributed by atoms with Gasteiger partial charge in [-0.25, -0.2) is 4.39 Å². The van der Waals surface area contributed by atoms with Crippen LogP contribution in [-0.4, -0.2) is 9.55 Å². The summed E-state index contributed by atoms with van der Waals surface area (Å²) in [6.07, 6.45) is 1.00. The smallest absolute Gasteiger partial charge is 0.182 e. The molecule has 0 aliphatic carbocycles. The molecule has 102 valence electrons. The quantitative estimate of drug-likeness (QED) is 0.677. The van der Waals surface area contributed by atoms with E-state index in [9.17, 15) is 4.39 Å². The fraction of sp³-hybridized carbons (Fsp3) is 0.188. The molecule has 3 aromatic rings. The third-order valence-corrected chi connectivity index (χ3v) is 3.85. The van der Waals surface area contributed by atoms with Crippen LogP contribution in [0, 0.1) is 17.5 Å². The fourth-order valence-corrected chi connectivity index (χ4v) is 2.68. The van der Waals surface area contributed by atoms with Crippen molar-refractivity contribution in [1.29, 1.82) is 0 Å². The summed E-state index contributed by atoms with van der Waals surface area (Å²) in [6, 6.07) is 11.6. The van der Waals surface area contributed by atoms with Crippen molar-refractivity contribution >= 4 is 23.3 Å². The molecule has 0 saturated carbocycles. The van der Waals surface area contributed by atoms with E-state index in [0.29, 0.717) is 10.3 Å². The van der Waals surface area contributed by atoms with Crippen LogP contribution in [0.1, 0.15) is 18.1 Å².